The average Bonchev–Trinajstić information content (AvgIpc) is 2.73. The summed E-state index contributed by atoms with van der Waals surface area (Å²) in [5, 5.41) is 0. The Kier molecular flexibility index (Phi) is 7.86. The summed E-state index contributed by atoms with van der Waals surface area (Å²) in [7, 11) is 0. The van der Waals surface area contributed by atoms with Crippen LogP contribution in [0.5, 0.6) is 5.88 Å². The lowest BCUT2D eigenvalue weighted by molar-refractivity contribution is 0.0174. The van der Waals surface area contributed by atoms with Gasteiger partial charge in [-0.3, -0.25) is 4.90 Å². The highest BCUT2D eigenvalue weighted by Gasteiger charge is 2.20. The monoisotopic (exact) mass is 376 g/mol. The first-order valence-electron chi connectivity index (χ1n) is 10.1. The van der Waals surface area contributed by atoms with Crippen molar-refractivity contribution in [2.75, 3.05) is 64.1 Å². The molecule has 0 aromatic carbocycles. The van der Waals surface area contributed by atoms with E-state index in [0.29, 0.717) is 5.88 Å². The number of allylic oxidation sites excluding steroid dienone is 1. The van der Waals surface area contributed by atoms with E-state index in [-0.39, 0.29) is 6.10 Å². The quantitative estimate of drug-likeness (QED) is 0.610. The van der Waals surface area contributed by atoms with Crippen LogP contribution in [0.15, 0.2) is 18.7 Å². The third-order valence-electron chi connectivity index (χ3n) is 4.95. The maximum absolute atomic E-state index is 6.35. The number of hydrogen-bond acceptors (Lipinski definition) is 7. The molecule has 27 heavy (non-hydrogen) atoms. The molecule has 1 aromatic rings. The fourth-order valence-electron chi connectivity index (χ4n) is 3.34. The standard InChI is InChI=1S/C20H32N4O3/c1-3-5-6-18(16-23-7-11-25-12-8-23)27-19-15-17(4-2)21-20(22-19)24-9-13-26-14-10-24/h3,15,18H,1,4-14,16H2,2H3. The lowest BCUT2D eigenvalue weighted by Crippen LogP contribution is -2.42. The van der Waals surface area contributed by atoms with E-state index in [9.17, 15) is 0 Å². The number of aryl methyl sites for hydroxylation is 1. The first-order chi connectivity index (χ1) is 13.3. The highest BCUT2D eigenvalue weighted by atomic mass is 16.5. The van der Waals surface area contributed by atoms with Crippen LogP contribution in [0.2, 0.25) is 0 Å². The Labute approximate surface area is 162 Å². The van der Waals surface area contributed by atoms with Crippen molar-refractivity contribution in [2.45, 2.75) is 32.3 Å². The van der Waals surface area contributed by atoms with Gasteiger partial charge in [-0.15, -0.1) is 6.58 Å². The van der Waals surface area contributed by atoms with Crippen molar-refractivity contribution >= 4 is 5.95 Å². The van der Waals surface area contributed by atoms with Gasteiger partial charge in [0.15, 0.2) is 0 Å². The van der Waals surface area contributed by atoms with E-state index < -0.39 is 0 Å². The molecule has 0 spiro atoms. The Morgan fingerprint density at radius 2 is 1.85 bits per heavy atom. The highest BCUT2D eigenvalue weighted by molar-refractivity contribution is 5.35. The fourth-order valence-corrected chi connectivity index (χ4v) is 3.34. The number of anilines is 1. The second-order valence-corrected chi connectivity index (χ2v) is 6.97. The van der Waals surface area contributed by atoms with Crippen LogP contribution in [-0.2, 0) is 15.9 Å². The van der Waals surface area contributed by atoms with Gasteiger partial charge in [-0.2, -0.15) is 4.98 Å². The fraction of sp³-hybridized carbons (Fsp3) is 0.700. The van der Waals surface area contributed by atoms with Crippen molar-refractivity contribution in [3.63, 3.8) is 0 Å². The van der Waals surface area contributed by atoms with Gasteiger partial charge in [-0.25, -0.2) is 4.98 Å². The number of aromatic nitrogens is 2. The summed E-state index contributed by atoms with van der Waals surface area (Å²) in [6.07, 6.45) is 4.75. The SMILES string of the molecule is C=CCCC(CN1CCOCC1)Oc1cc(CC)nc(N2CCOCC2)n1. The van der Waals surface area contributed by atoms with Gasteiger partial charge in [0.1, 0.15) is 6.10 Å². The molecule has 0 bridgehead atoms. The summed E-state index contributed by atoms with van der Waals surface area (Å²) in [6.45, 7) is 13.4. The second-order valence-electron chi connectivity index (χ2n) is 6.97. The summed E-state index contributed by atoms with van der Waals surface area (Å²) in [6, 6.07) is 1.98. The van der Waals surface area contributed by atoms with Crippen LogP contribution in [0.1, 0.15) is 25.5 Å². The van der Waals surface area contributed by atoms with Gasteiger partial charge in [0.25, 0.3) is 0 Å². The molecule has 2 aliphatic rings. The van der Waals surface area contributed by atoms with Crippen LogP contribution in [0.25, 0.3) is 0 Å². The Balaban J connectivity index is 1.71. The zero-order valence-electron chi connectivity index (χ0n) is 16.4. The summed E-state index contributed by atoms with van der Waals surface area (Å²) in [5.74, 6) is 1.42. The molecule has 1 unspecified atom stereocenters. The zero-order valence-corrected chi connectivity index (χ0v) is 16.4. The van der Waals surface area contributed by atoms with Crippen LogP contribution >= 0.6 is 0 Å². The molecule has 0 N–H and O–H groups in total. The molecule has 2 fully saturated rings. The molecule has 1 atom stereocenters. The third kappa shape index (κ3) is 6.16. The minimum absolute atomic E-state index is 0.0817. The van der Waals surface area contributed by atoms with Crippen molar-refractivity contribution in [1.29, 1.82) is 0 Å². The Morgan fingerprint density at radius 3 is 2.52 bits per heavy atom. The average molecular weight is 377 g/mol. The molecule has 7 heteroatoms. The minimum Gasteiger partial charge on any atom is -0.473 e. The Morgan fingerprint density at radius 1 is 1.15 bits per heavy atom. The molecular weight excluding hydrogens is 344 g/mol. The van der Waals surface area contributed by atoms with Crippen LogP contribution in [0.4, 0.5) is 5.95 Å². The van der Waals surface area contributed by atoms with Gasteiger partial charge in [0.05, 0.1) is 26.4 Å². The minimum atomic E-state index is 0.0817. The topological polar surface area (TPSA) is 60.0 Å². The molecule has 2 saturated heterocycles. The van der Waals surface area contributed by atoms with E-state index in [0.717, 1.165) is 90.1 Å². The Hall–Kier alpha value is -1.70. The van der Waals surface area contributed by atoms with Crippen LogP contribution < -0.4 is 9.64 Å². The molecule has 0 amide bonds. The van der Waals surface area contributed by atoms with E-state index in [1.807, 2.05) is 12.1 Å². The molecule has 7 nitrogen and oxygen atoms in total. The predicted molar refractivity (Wildman–Crippen MR) is 106 cm³/mol. The maximum atomic E-state index is 6.35. The molecule has 1 aromatic heterocycles. The van der Waals surface area contributed by atoms with Crippen LogP contribution in [-0.4, -0.2) is 80.1 Å². The van der Waals surface area contributed by atoms with Crippen molar-refractivity contribution in [1.82, 2.24) is 14.9 Å². The lowest BCUT2D eigenvalue weighted by atomic mass is 10.1. The number of morpholine rings is 2. The summed E-state index contributed by atoms with van der Waals surface area (Å²) >= 11 is 0. The number of nitrogens with zero attached hydrogens (tertiary/aromatic N) is 4. The van der Waals surface area contributed by atoms with Crippen molar-refractivity contribution < 1.29 is 14.2 Å². The molecule has 3 rings (SSSR count). The highest BCUT2D eigenvalue weighted by Crippen LogP contribution is 2.20. The van der Waals surface area contributed by atoms with Crippen molar-refractivity contribution in [2.24, 2.45) is 0 Å². The molecule has 150 valence electrons. The smallest absolute Gasteiger partial charge is 0.229 e. The number of rotatable bonds is 9. The summed E-state index contributed by atoms with van der Waals surface area (Å²) in [5.41, 5.74) is 1.01. The molecule has 3 heterocycles. The van der Waals surface area contributed by atoms with Crippen molar-refractivity contribution in [3.05, 3.63) is 24.4 Å². The van der Waals surface area contributed by atoms with E-state index in [4.69, 9.17) is 24.2 Å². The normalized spacial score (nSPS) is 19.7. The van der Waals surface area contributed by atoms with E-state index >= 15 is 0 Å². The summed E-state index contributed by atoms with van der Waals surface area (Å²) in [4.78, 5) is 14.0. The molecular formula is C20H32N4O3. The van der Waals surface area contributed by atoms with E-state index in [1.54, 1.807) is 0 Å². The van der Waals surface area contributed by atoms with Crippen LogP contribution in [0.3, 0.4) is 0 Å². The molecule has 2 aliphatic heterocycles. The number of ether oxygens (including phenoxy) is 3. The second kappa shape index (κ2) is 10.6. The van der Waals surface area contributed by atoms with Gasteiger partial charge in [0, 0.05) is 44.5 Å². The lowest BCUT2D eigenvalue weighted by Gasteiger charge is -2.31. The van der Waals surface area contributed by atoms with Gasteiger partial charge < -0.3 is 19.1 Å². The van der Waals surface area contributed by atoms with Gasteiger partial charge in [0.2, 0.25) is 11.8 Å². The first kappa shape index (κ1) is 20.0. The van der Waals surface area contributed by atoms with Crippen molar-refractivity contribution in [3.8, 4) is 5.88 Å². The maximum Gasteiger partial charge on any atom is 0.229 e. The van der Waals surface area contributed by atoms with E-state index in [1.165, 1.54) is 0 Å². The number of hydrogen-bond donors (Lipinski definition) is 0. The predicted octanol–water partition coefficient (Wildman–Crippen LogP) is 1.92. The third-order valence-corrected chi connectivity index (χ3v) is 4.95. The van der Waals surface area contributed by atoms with Gasteiger partial charge >= 0.3 is 0 Å². The van der Waals surface area contributed by atoms with Gasteiger partial charge in [-0.1, -0.05) is 13.0 Å². The molecule has 0 aliphatic carbocycles. The zero-order chi connectivity index (χ0) is 18.9. The largest absolute Gasteiger partial charge is 0.473 e. The Bertz CT molecular complexity index is 587. The van der Waals surface area contributed by atoms with E-state index in [2.05, 4.69) is 23.3 Å². The van der Waals surface area contributed by atoms with Crippen LogP contribution in [0, 0.1) is 0 Å². The molecule has 0 radical (unpaired) electrons. The molecule has 0 saturated carbocycles. The first-order valence-corrected chi connectivity index (χ1v) is 10.1. The summed E-state index contributed by atoms with van der Waals surface area (Å²) < 4.78 is 17.3. The van der Waals surface area contributed by atoms with Gasteiger partial charge in [-0.05, 0) is 19.3 Å².